The van der Waals surface area contributed by atoms with Crippen molar-refractivity contribution in [3.05, 3.63) is 82.6 Å². The van der Waals surface area contributed by atoms with Gasteiger partial charge in [0, 0.05) is 31.3 Å². The fourth-order valence-corrected chi connectivity index (χ4v) is 4.78. The zero-order chi connectivity index (χ0) is 17.5. The monoisotopic (exact) mass is 464 g/mol. The molecule has 0 aliphatic heterocycles. The van der Waals surface area contributed by atoms with Gasteiger partial charge in [0.1, 0.15) is 3.70 Å². The molecule has 0 fully saturated rings. The molecule has 0 radical (unpaired) electrons. The van der Waals surface area contributed by atoms with Crippen LogP contribution in [-0.4, -0.2) is 9.97 Å². The van der Waals surface area contributed by atoms with Crippen LogP contribution in [0.5, 0.6) is 0 Å². The molecule has 0 N–H and O–H groups in total. The van der Waals surface area contributed by atoms with Crippen LogP contribution in [0.4, 0.5) is 0 Å². The van der Waals surface area contributed by atoms with Gasteiger partial charge in [0.25, 0.3) is 0 Å². The van der Waals surface area contributed by atoms with Crippen LogP contribution >= 0.6 is 33.9 Å². The number of hydrogen-bond acceptors (Lipinski definition) is 3. The van der Waals surface area contributed by atoms with E-state index in [2.05, 4.69) is 82.2 Å². The molecule has 2 aromatic heterocycles. The summed E-state index contributed by atoms with van der Waals surface area (Å²) in [5.74, 6) is 0.771. The van der Waals surface area contributed by atoms with E-state index >= 15 is 0 Å². The van der Waals surface area contributed by atoms with E-state index in [0.717, 1.165) is 26.3 Å². The van der Waals surface area contributed by atoms with E-state index in [1.165, 1.54) is 20.2 Å². The average Bonchev–Trinajstić information content (AvgIpc) is 3.06. The number of thiophene rings is 1. The average molecular weight is 464 g/mol. The summed E-state index contributed by atoms with van der Waals surface area (Å²) in [7, 11) is 0. The van der Waals surface area contributed by atoms with Crippen molar-refractivity contribution in [3.8, 4) is 22.6 Å². The van der Waals surface area contributed by atoms with Crippen molar-refractivity contribution in [1.29, 1.82) is 0 Å². The van der Waals surface area contributed by atoms with Gasteiger partial charge in [-0.15, -0.1) is 11.3 Å². The maximum absolute atomic E-state index is 4.83. The van der Waals surface area contributed by atoms with E-state index in [1.807, 2.05) is 35.6 Å². The molecule has 0 unspecified atom stereocenters. The molecule has 2 nitrogen and oxygen atoms in total. The van der Waals surface area contributed by atoms with Crippen LogP contribution in [0.1, 0.15) is 0 Å². The highest BCUT2D eigenvalue weighted by molar-refractivity contribution is 14.1. The lowest BCUT2D eigenvalue weighted by Gasteiger charge is -2.06. The minimum absolute atomic E-state index is 0.771. The molecular formula is C22H13IN2S. The molecule has 0 saturated heterocycles. The van der Waals surface area contributed by atoms with Crippen molar-refractivity contribution in [2.45, 2.75) is 0 Å². The summed E-state index contributed by atoms with van der Waals surface area (Å²) in [5, 5.41) is 2.56. The minimum Gasteiger partial charge on any atom is -0.228 e. The van der Waals surface area contributed by atoms with Gasteiger partial charge in [-0.05, 0) is 52.9 Å². The molecule has 2 heterocycles. The number of rotatable bonds is 2. The number of nitrogens with zero attached hydrogens (tertiary/aromatic N) is 2. The van der Waals surface area contributed by atoms with Crippen LogP contribution in [0.15, 0.2) is 78.9 Å². The van der Waals surface area contributed by atoms with Crippen molar-refractivity contribution < 1.29 is 0 Å². The Bertz CT molecular complexity index is 1250. The summed E-state index contributed by atoms with van der Waals surface area (Å²) in [6, 6.07) is 27.3. The van der Waals surface area contributed by atoms with Crippen LogP contribution in [0, 0.1) is 3.70 Å². The van der Waals surface area contributed by atoms with Crippen molar-refractivity contribution in [1.82, 2.24) is 9.97 Å². The lowest BCUT2D eigenvalue weighted by Crippen LogP contribution is -1.94. The van der Waals surface area contributed by atoms with Crippen molar-refractivity contribution >= 4 is 54.1 Å². The second-order valence-corrected chi connectivity index (χ2v) is 8.26. The second-order valence-electron chi connectivity index (χ2n) is 6.07. The van der Waals surface area contributed by atoms with Gasteiger partial charge in [0.2, 0.25) is 0 Å². The first kappa shape index (κ1) is 15.9. The van der Waals surface area contributed by atoms with E-state index in [-0.39, 0.29) is 0 Å². The summed E-state index contributed by atoms with van der Waals surface area (Å²) in [4.78, 5) is 9.51. The van der Waals surface area contributed by atoms with E-state index in [0.29, 0.717) is 0 Å². The van der Waals surface area contributed by atoms with Gasteiger partial charge in [0.05, 0.1) is 5.69 Å². The quantitative estimate of drug-likeness (QED) is 0.213. The van der Waals surface area contributed by atoms with Crippen molar-refractivity contribution in [2.75, 3.05) is 0 Å². The van der Waals surface area contributed by atoms with Gasteiger partial charge in [-0.3, -0.25) is 0 Å². The Morgan fingerprint density at radius 3 is 2.31 bits per heavy atom. The number of benzene rings is 3. The van der Waals surface area contributed by atoms with E-state index < -0.39 is 0 Å². The highest BCUT2D eigenvalue weighted by Gasteiger charge is 2.10. The predicted molar refractivity (Wildman–Crippen MR) is 119 cm³/mol. The molecule has 26 heavy (non-hydrogen) atoms. The van der Waals surface area contributed by atoms with Crippen LogP contribution in [0.2, 0.25) is 0 Å². The molecule has 4 heteroatoms. The Morgan fingerprint density at radius 1 is 0.654 bits per heavy atom. The van der Waals surface area contributed by atoms with Gasteiger partial charge >= 0.3 is 0 Å². The first-order valence-corrected chi connectivity index (χ1v) is 10.2. The topological polar surface area (TPSA) is 25.8 Å². The van der Waals surface area contributed by atoms with E-state index in [4.69, 9.17) is 4.98 Å². The summed E-state index contributed by atoms with van der Waals surface area (Å²) in [6.45, 7) is 0. The van der Waals surface area contributed by atoms with Gasteiger partial charge in [-0.1, -0.05) is 48.5 Å². The summed E-state index contributed by atoms with van der Waals surface area (Å²) in [5.41, 5.74) is 3.11. The Kier molecular flexibility index (Phi) is 3.94. The highest BCUT2D eigenvalue weighted by Crippen LogP contribution is 2.36. The molecule has 0 spiro atoms. The first-order valence-electron chi connectivity index (χ1n) is 8.30. The fraction of sp³-hybridized carbons (Fsp3) is 0. The van der Waals surface area contributed by atoms with Crippen molar-refractivity contribution in [2.24, 2.45) is 0 Å². The molecule has 0 aliphatic rings. The van der Waals surface area contributed by atoms with Crippen LogP contribution in [0.3, 0.4) is 0 Å². The third kappa shape index (κ3) is 2.79. The molecule has 0 bridgehead atoms. The maximum atomic E-state index is 4.83. The summed E-state index contributed by atoms with van der Waals surface area (Å²) in [6.07, 6.45) is 0. The van der Waals surface area contributed by atoms with Gasteiger partial charge in [-0.25, -0.2) is 9.97 Å². The number of hydrogen-bond donors (Lipinski definition) is 0. The standard InChI is InChI=1S/C22H13IN2S/c23-21-13-18(14-6-2-1-3-7-14)24-22(25-21)15-10-11-20-17(12-15)16-8-4-5-9-19(16)26-20/h1-13H. The molecule has 0 aliphatic carbocycles. The van der Waals surface area contributed by atoms with Crippen LogP contribution < -0.4 is 0 Å². The highest BCUT2D eigenvalue weighted by atomic mass is 127. The van der Waals surface area contributed by atoms with E-state index in [1.54, 1.807) is 0 Å². The normalized spacial score (nSPS) is 11.3. The first-order chi connectivity index (χ1) is 12.8. The minimum atomic E-state index is 0.771. The Labute approximate surface area is 168 Å². The van der Waals surface area contributed by atoms with Crippen molar-refractivity contribution in [3.63, 3.8) is 0 Å². The van der Waals surface area contributed by atoms with E-state index in [9.17, 15) is 0 Å². The zero-order valence-electron chi connectivity index (χ0n) is 13.7. The lowest BCUT2D eigenvalue weighted by atomic mass is 10.1. The largest absolute Gasteiger partial charge is 0.228 e. The summed E-state index contributed by atoms with van der Waals surface area (Å²) >= 11 is 4.09. The third-order valence-corrected chi connectivity index (χ3v) is 6.10. The predicted octanol–water partition coefficient (Wildman–Crippen LogP) is 6.78. The zero-order valence-corrected chi connectivity index (χ0v) is 16.7. The molecule has 0 saturated carbocycles. The number of fused-ring (bicyclic) bond motifs is 3. The molecule has 5 rings (SSSR count). The maximum Gasteiger partial charge on any atom is 0.160 e. The second kappa shape index (κ2) is 6.45. The fourth-order valence-electron chi connectivity index (χ4n) is 3.17. The van der Waals surface area contributed by atoms with Crippen LogP contribution in [0.25, 0.3) is 42.8 Å². The third-order valence-electron chi connectivity index (χ3n) is 4.40. The van der Waals surface area contributed by atoms with Gasteiger partial charge < -0.3 is 0 Å². The molecule has 124 valence electrons. The number of halogens is 1. The SMILES string of the molecule is Ic1cc(-c2ccccc2)nc(-c2ccc3sc4ccccc4c3c2)n1. The van der Waals surface area contributed by atoms with Crippen LogP contribution in [-0.2, 0) is 0 Å². The molecule has 5 aromatic rings. The summed E-state index contributed by atoms with van der Waals surface area (Å²) < 4.78 is 3.55. The van der Waals surface area contributed by atoms with Gasteiger partial charge in [-0.2, -0.15) is 0 Å². The number of aromatic nitrogens is 2. The Morgan fingerprint density at radius 2 is 1.42 bits per heavy atom. The molecular weight excluding hydrogens is 451 g/mol. The smallest absolute Gasteiger partial charge is 0.160 e. The van der Waals surface area contributed by atoms with Gasteiger partial charge in [0.15, 0.2) is 5.82 Å². The molecule has 3 aromatic carbocycles. The lowest BCUT2D eigenvalue weighted by molar-refractivity contribution is 1.15. The Hall–Kier alpha value is -2.31. The molecule has 0 amide bonds. The Balaban J connectivity index is 1.70. The molecule has 0 atom stereocenters.